The summed E-state index contributed by atoms with van der Waals surface area (Å²) in [5.41, 5.74) is 0.0443. The largest absolute Gasteiger partial charge is 0.481 e. The predicted molar refractivity (Wildman–Crippen MR) is 68.6 cm³/mol. The van der Waals surface area contributed by atoms with E-state index < -0.39 is 11.4 Å². The standard InChI is InChI=1S/C12H16N6O2/c1-17-7-9(6-13-17)10-14-15-16-18(10)8-12(11(19)20)4-2-3-5-12/h6-7H,2-5,8H2,1H3,(H,19,20). The summed E-state index contributed by atoms with van der Waals surface area (Å²) in [6.45, 7) is 0.305. The molecular formula is C12H16N6O2. The topological polar surface area (TPSA) is 98.7 Å². The number of rotatable bonds is 4. The minimum Gasteiger partial charge on any atom is -0.481 e. The molecule has 1 N–H and O–H groups in total. The fourth-order valence-electron chi connectivity index (χ4n) is 2.83. The molecule has 0 aliphatic heterocycles. The van der Waals surface area contributed by atoms with Crippen LogP contribution < -0.4 is 0 Å². The van der Waals surface area contributed by atoms with Crippen LogP contribution in [0.15, 0.2) is 12.4 Å². The van der Waals surface area contributed by atoms with E-state index >= 15 is 0 Å². The lowest BCUT2D eigenvalue weighted by Crippen LogP contribution is -2.33. The number of aromatic nitrogens is 6. The second-order valence-electron chi connectivity index (χ2n) is 5.36. The molecule has 106 valence electrons. The molecule has 0 radical (unpaired) electrons. The Hall–Kier alpha value is -2.25. The number of aryl methyl sites for hydroxylation is 1. The van der Waals surface area contributed by atoms with E-state index in [-0.39, 0.29) is 0 Å². The molecule has 1 saturated carbocycles. The molecule has 0 saturated heterocycles. The molecule has 1 aliphatic carbocycles. The lowest BCUT2D eigenvalue weighted by molar-refractivity contribution is -0.149. The van der Waals surface area contributed by atoms with Gasteiger partial charge in [0, 0.05) is 13.2 Å². The maximum Gasteiger partial charge on any atom is 0.311 e. The molecule has 0 spiro atoms. The highest BCUT2D eigenvalue weighted by atomic mass is 16.4. The third-order valence-corrected chi connectivity index (χ3v) is 3.96. The Morgan fingerprint density at radius 1 is 1.45 bits per heavy atom. The lowest BCUT2D eigenvalue weighted by Gasteiger charge is -2.23. The van der Waals surface area contributed by atoms with Gasteiger partial charge in [0.05, 0.1) is 23.7 Å². The number of hydrogen-bond donors (Lipinski definition) is 1. The summed E-state index contributed by atoms with van der Waals surface area (Å²) in [6.07, 6.45) is 6.71. The van der Waals surface area contributed by atoms with E-state index in [1.807, 2.05) is 13.2 Å². The van der Waals surface area contributed by atoms with Crippen molar-refractivity contribution in [3.05, 3.63) is 12.4 Å². The molecule has 8 nitrogen and oxygen atoms in total. The first-order valence-electron chi connectivity index (χ1n) is 6.59. The first kappa shape index (κ1) is 12.8. The molecule has 8 heteroatoms. The number of carboxylic acid groups (broad SMARTS) is 1. The van der Waals surface area contributed by atoms with Gasteiger partial charge in [0.2, 0.25) is 0 Å². The van der Waals surface area contributed by atoms with Crippen molar-refractivity contribution in [1.82, 2.24) is 30.0 Å². The summed E-state index contributed by atoms with van der Waals surface area (Å²) >= 11 is 0. The van der Waals surface area contributed by atoms with Crippen LogP contribution in [0, 0.1) is 5.41 Å². The molecule has 2 heterocycles. The Labute approximate surface area is 115 Å². The molecule has 0 amide bonds. The van der Waals surface area contributed by atoms with Crippen LogP contribution in [0.4, 0.5) is 0 Å². The number of tetrazole rings is 1. The van der Waals surface area contributed by atoms with Crippen LogP contribution in [0.5, 0.6) is 0 Å². The van der Waals surface area contributed by atoms with Crippen molar-refractivity contribution in [2.45, 2.75) is 32.2 Å². The zero-order valence-electron chi connectivity index (χ0n) is 11.2. The fourth-order valence-corrected chi connectivity index (χ4v) is 2.83. The van der Waals surface area contributed by atoms with Gasteiger partial charge in [0.25, 0.3) is 0 Å². The molecule has 0 bridgehead atoms. The van der Waals surface area contributed by atoms with Crippen molar-refractivity contribution >= 4 is 5.97 Å². The van der Waals surface area contributed by atoms with Gasteiger partial charge in [-0.25, -0.2) is 4.68 Å². The monoisotopic (exact) mass is 276 g/mol. The summed E-state index contributed by atoms with van der Waals surface area (Å²) in [6, 6.07) is 0. The first-order chi connectivity index (χ1) is 9.61. The van der Waals surface area contributed by atoms with Crippen molar-refractivity contribution in [2.24, 2.45) is 12.5 Å². The summed E-state index contributed by atoms with van der Waals surface area (Å²) in [7, 11) is 1.81. The number of nitrogens with zero attached hydrogens (tertiary/aromatic N) is 6. The quantitative estimate of drug-likeness (QED) is 0.883. The predicted octanol–water partition coefficient (Wildman–Crippen LogP) is 0.719. The van der Waals surface area contributed by atoms with Gasteiger partial charge < -0.3 is 5.11 Å². The zero-order valence-corrected chi connectivity index (χ0v) is 11.2. The van der Waals surface area contributed by atoms with Crippen molar-refractivity contribution in [1.29, 1.82) is 0 Å². The Morgan fingerprint density at radius 2 is 2.20 bits per heavy atom. The average Bonchev–Trinajstić information content (AvgIpc) is 3.10. The summed E-state index contributed by atoms with van der Waals surface area (Å²) < 4.78 is 3.24. The minimum atomic E-state index is -0.761. The number of hydrogen-bond acceptors (Lipinski definition) is 5. The Kier molecular flexibility index (Phi) is 3.00. The van der Waals surface area contributed by atoms with Crippen LogP contribution in [-0.2, 0) is 18.4 Å². The lowest BCUT2D eigenvalue weighted by atomic mass is 9.86. The van der Waals surface area contributed by atoms with Gasteiger partial charge in [-0.3, -0.25) is 9.48 Å². The maximum atomic E-state index is 11.6. The van der Waals surface area contributed by atoms with Crippen LogP contribution in [0.3, 0.4) is 0 Å². The Bertz CT molecular complexity index is 625. The van der Waals surface area contributed by atoms with Crippen molar-refractivity contribution in [3.8, 4) is 11.4 Å². The SMILES string of the molecule is Cn1cc(-c2nnnn2CC2(C(=O)O)CCCC2)cn1. The van der Waals surface area contributed by atoms with Crippen LogP contribution in [0.25, 0.3) is 11.4 Å². The normalized spacial score (nSPS) is 17.4. The Morgan fingerprint density at radius 3 is 2.80 bits per heavy atom. The highest BCUT2D eigenvalue weighted by Gasteiger charge is 2.42. The summed E-state index contributed by atoms with van der Waals surface area (Å²) in [5, 5.41) is 25.2. The van der Waals surface area contributed by atoms with E-state index in [0.717, 1.165) is 18.4 Å². The van der Waals surface area contributed by atoms with Crippen LogP contribution >= 0.6 is 0 Å². The fraction of sp³-hybridized carbons (Fsp3) is 0.583. The highest BCUT2D eigenvalue weighted by molar-refractivity contribution is 5.75. The van der Waals surface area contributed by atoms with Gasteiger partial charge in [-0.15, -0.1) is 5.10 Å². The van der Waals surface area contributed by atoms with E-state index in [0.29, 0.717) is 25.2 Å². The molecular weight excluding hydrogens is 260 g/mol. The second kappa shape index (κ2) is 4.69. The minimum absolute atomic E-state index is 0.305. The number of aliphatic carboxylic acids is 1. The maximum absolute atomic E-state index is 11.6. The third-order valence-electron chi connectivity index (χ3n) is 3.96. The van der Waals surface area contributed by atoms with Crippen LogP contribution in [0.2, 0.25) is 0 Å². The molecule has 20 heavy (non-hydrogen) atoms. The molecule has 1 fully saturated rings. The summed E-state index contributed by atoms with van der Waals surface area (Å²) in [5.74, 6) is -0.201. The second-order valence-corrected chi connectivity index (χ2v) is 5.36. The molecule has 2 aromatic heterocycles. The van der Waals surface area contributed by atoms with Crippen molar-refractivity contribution in [3.63, 3.8) is 0 Å². The van der Waals surface area contributed by atoms with E-state index in [4.69, 9.17) is 0 Å². The molecule has 2 aromatic rings. The van der Waals surface area contributed by atoms with E-state index in [9.17, 15) is 9.90 Å². The van der Waals surface area contributed by atoms with Crippen molar-refractivity contribution in [2.75, 3.05) is 0 Å². The van der Waals surface area contributed by atoms with Gasteiger partial charge in [0.1, 0.15) is 0 Å². The zero-order chi connectivity index (χ0) is 14.2. The van der Waals surface area contributed by atoms with Gasteiger partial charge in [-0.2, -0.15) is 5.10 Å². The number of carbonyl (C=O) groups is 1. The highest BCUT2D eigenvalue weighted by Crippen LogP contribution is 2.40. The van der Waals surface area contributed by atoms with Gasteiger partial charge in [0.15, 0.2) is 5.82 Å². The molecule has 0 aromatic carbocycles. The van der Waals surface area contributed by atoms with Crippen LogP contribution in [0.1, 0.15) is 25.7 Å². The van der Waals surface area contributed by atoms with E-state index in [2.05, 4.69) is 20.6 Å². The molecule has 0 atom stereocenters. The first-order valence-corrected chi connectivity index (χ1v) is 6.59. The average molecular weight is 276 g/mol. The van der Waals surface area contributed by atoms with Gasteiger partial charge >= 0.3 is 5.97 Å². The summed E-state index contributed by atoms with van der Waals surface area (Å²) in [4.78, 5) is 11.6. The molecule has 3 rings (SSSR count). The smallest absolute Gasteiger partial charge is 0.311 e. The van der Waals surface area contributed by atoms with Crippen LogP contribution in [-0.4, -0.2) is 41.1 Å². The van der Waals surface area contributed by atoms with Crippen molar-refractivity contribution < 1.29 is 9.90 Å². The van der Waals surface area contributed by atoms with E-state index in [1.165, 1.54) is 0 Å². The Balaban J connectivity index is 1.92. The molecule has 0 unspecified atom stereocenters. The van der Waals surface area contributed by atoms with E-state index in [1.54, 1.807) is 15.6 Å². The van der Waals surface area contributed by atoms with Gasteiger partial charge in [-0.05, 0) is 23.3 Å². The third kappa shape index (κ3) is 2.06. The number of carboxylic acids is 1. The molecule has 1 aliphatic rings. The van der Waals surface area contributed by atoms with Gasteiger partial charge in [-0.1, -0.05) is 12.8 Å².